The highest BCUT2D eigenvalue weighted by molar-refractivity contribution is 5.74. The van der Waals surface area contributed by atoms with Gasteiger partial charge in [-0.1, -0.05) is 6.92 Å². The number of hydroxylamine groups is 1. The first-order valence-corrected chi connectivity index (χ1v) is 3.90. The normalized spacial score (nSPS) is 12.6. The molecule has 0 rings (SSSR count). The van der Waals surface area contributed by atoms with Gasteiger partial charge in [0.25, 0.3) is 0 Å². The Bertz CT molecular complexity index is 129. The first kappa shape index (κ1) is 11.4. The van der Waals surface area contributed by atoms with Crippen molar-refractivity contribution in [3.8, 4) is 0 Å². The third-order valence-electron chi connectivity index (χ3n) is 1.15. The number of hydrogen-bond acceptors (Lipinski definition) is 4. The first-order valence-electron chi connectivity index (χ1n) is 3.90. The van der Waals surface area contributed by atoms with Gasteiger partial charge in [-0.25, -0.2) is 5.48 Å². The van der Waals surface area contributed by atoms with Gasteiger partial charge in [0, 0.05) is 6.42 Å². The van der Waals surface area contributed by atoms with E-state index < -0.39 is 6.10 Å². The van der Waals surface area contributed by atoms with Gasteiger partial charge in [-0.15, -0.1) is 0 Å². The molecule has 0 aromatic rings. The van der Waals surface area contributed by atoms with Gasteiger partial charge in [0.15, 0.2) is 0 Å². The van der Waals surface area contributed by atoms with Crippen molar-refractivity contribution in [2.75, 3.05) is 13.2 Å². The van der Waals surface area contributed by atoms with Crippen LogP contribution in [-0.2, 0) is 9.63 Å². The van der Waals surface area contributed by atoms with Crippen LogP contribution in [-0.4, -0.2) is 35.4 Å². The summed E-state index contributed by atoms with van der Waals surface area (Å²) in [5.41, 5.74) is 2.14. The molecular weight excluding hydrogens is 162 g/mol. The minimum Gasteiger partial charge on any atom is -0.394 e. The molecule has 3 N–H and O–H groups in total. The van der Waals surface area contributed by atoms with Gasteiger partial charge >= 0.3 is 0 Å². The Labute approximate surface area is 71.3 Å². The molecule has 1 amide bonds. The van der Waals surface area contributed by atoms with E-state index in [2.05, 4.69) is 10.3 Å². The van der Waals surface area contributed by atoms with E-state index in [1.54, 1.807) is 0 Å². The summed E-state index contributed by atoms with van der Waals surface area (Å²) in [6, 6.07) is 0. The summed E-state index contributed by atoms with van der Waals surface area (Å²) in [6.45, 7) is 1.41. The summed E-state index contributed by atoms with van der Waals surface area (Å²) >= 11 is 0. The summed E-state index contributed by atoms with van der Waals surface area (Å²) < 4.78 is 0. The van der Waals surface area contributed by atoms with E-state index in [0.29, 0.717) is 6.42 Å². The van der Waals surface area contributed by atoms with Crippen LogP contribution in [0, 0.1) is 0 Å². The maximum atomic E-state index is 10.7. The average Bonchev–Trinajstić information content (AvgIpc) is 2.04. The van der Waals surface area contributed by atoms with Crippen molar-refractivity contribution in [1.82, 2.24) is 5.48 Å². The highest BCUT2D eigenvalue weighted by Crippen LogP contribution is 1.86. The Morgan fingerprint density at radius 2 is 2.33 bits per heavy atom. The molecule has 72 valence electrons. The average molecular weight is 177 g/mol. The summed E-state index contributed by atoms with van der Waals surface area (Å²) in [4.78, 5) is 15.3. The number of hydrogen-bond donors (Lipinski definition) is 3. The molecule has 0 aromatic heterocycles. The van der Waals surface area contributed by atoms with E-state index >= 15 is 0 Å². The highest BCUT2D eigenvalue weighted by Gasteiger charge is 2.03. The van der Waals surface area contributed by atoms with Gasteiger partial charge in [-0.3, -0.25) is 9.63 Å². The van der Waals surface area contributed by atoms with E-state index in [1.807, 2.05) is 6.92 Å². The molecule has 0 aliphatic rings. The van der Waals surface area contributed by atoms with Crippen LogP contribution in [0.2, 0.25) is 0 Å². The van der Waals surface area contributed by atoms with Gasteiger partial charge in [0.1, 0.15) is 12.7 Å². The van der Waals surface area contributed by atoms with Gasteiger partial charge in [0.2, 0.25) is 5.91 Å². The quantitative estimate of drug-likeness (QED) is 0.463. The Morgan fingerprint density at radius 3 is 2.83 bits per heavy atom. The van der Waals surface area contributed by atoms with Crippen molar-refractivity contribution < 1.29 is 19.8 Å². The summed E-state index contributed by atoms with van der Waals surface area (Å²) in [5, 5.41) is 17.1. The standard InChI is InChI=1S/C7H15NO4/c1-2-3-7(11)8-12-5-6(10)4-9/h6,9-10H,2-5H2,1H3,(H,8,11). The number of amides is 1. The topological polar surface area (TPSA) is 78.8 Å². The minimum absolute atomic E-state index is 0.0913. The number of aliphatic hydroxyl groups is 2. The molecule has 5 heteroatoms. The third-order valence-corrected chi connectivity index (χ3v) is 1.15. The molecule has 0 aromatic carbocycles. The molecule has 1 atom stereocenters. The number of rotatable bonds is 6. The molecule has 0 aliphatic carbocycles. The van der Waals surface area contributed by atoms with Crippen LogP contribution < -0.4 is 5.48 Å². The van der Waals surface area contributed by atoms with Crippen LogP contribution in [0.4, 0.5) is 0 Å². The Balaban J connectivity index is 3.24. The number of carbonyl (C=O) groups is 1. The van der Waals surface area contributed by atoms with Crippen LogP contribution >= 0.6 is 0 Å². The summed E-state index contributed by atoms with van der Waals surface area (Å²) in [7, 11) is 0. The number of aliphatic hydroxyl groups excluding tert-OH is 2. The number of carbonyl (C=O) groups excluding carboxylic acids is 1. The summed E-state index contributed by atoms with van der Waals surface area (Å²) in [5.74, 6) is -0.220. The van der Waals surface area contributed by atoms with Gasteiger partial charge in [-0.05, 0) is 6.42 Å². The second-order valence-electron chi connectivity index (χ2n) is 2.42. The zero-order valence-corrected chi connectivity index (χ0v) is 7.12. The second kappa shape index (κ2) is 7.02. The maximum absolute atomic E-state index is 10.7. The molecule has 0 saturated carbocycles. The zero-order valence-electron chi connectivity index (χ0n) is 7.12. The second-order valence-corrected chi connectivity index (χ2v) is 2.42. The van der Waals surface area contributed by atoms with Gasteiger partial charge < -0.3 is 10.2 Å². The van der Waals surface area contributed by atoms with Crippen molar-refractivity contribution >= 4 is 5.91 Å². The molecular formula is C7H15NO4. The van der Waals surface area contributed by atoms with Crippen molar-refractivity contribution in [3.63, 3.8) is 0 Å². The fourth-order valence-electron chi connectivity index (χ4n) is 0.549. The molecule has 0 aliphatic heterocycles. The fourth-order valence-corrected chi connectivity index (χ4v) is 0.549. The molecule has 0 heterocycles. The van der Waals surface area contributed by atoms with E-state index in [9.17, 15) is 4.79 Å². The largest absolute Gasteiger partial charge is 0.394 e. The van der Waals surface area contributed by atoms with Crippen molar-refractivity contribution in [1.29, 1.82) is 0 Å². The van der Waals surface area contributed by atoms with Crippen molar-refractivity contribution in [3.05, 3.63) is 0 Å². The Kier molecular flexibility index (Phi) is 6.64. The first-order chi connectivity index (χ1) is 5.70. The van der Waals surface area contributed by atoms with E-state index in [1.165, 1.54) is 0 Å². The molecule has 0 fully saturated rings. The molecule has 1 unspecified atom stereocenters. The van der Waals surface area contributed by atoms with E-state index in [4.69, 9.17) is 10.2 Å². The highest BCUT2D eigenvalue weighted by atomic mass is 16.7. The summed E-state index contributed by atoms with van der Waals surface area (Å²) in [6.07, 6.45) is 0.208. The van der Waals surface area contributed by atoms with Crippen LogP contribution in [0.25, 0.3) is 0 Å². The minimum atomic E-state index is -0.938. The molecule has 0 saturated heterocycles. The van der Waals surface area contributed by atoms with Crippen LogP contribution in [0.15, 0.2) is 0 Å². The predicted molar refractivity (Wildman–Crippen MR) is 42.1 cm³/mol. The zero-order chi connectivity index (χ0) is 9.40. The maximum Gasteiger partial charge on any atom is 0.243 e. The lowest BCUT2D eigenvalue weighted by molar-refractivity contribution is -0.136. The lowest BCUT2D eigenvalue weighted by Crippen LogP contribution is -2.29. The molecule has 0 spiro atoms. The molecule has 0 radical (unpaired) electrons. The molecule has 0 bridgehead atoms. The van der Waals surface area contributed by atoms with Crippen LogP contribution in [0.1, 0.15) is 19.8 Å². The van der Waals surface area contributed by atoms with Crippen LogP contribution in [0.3, 0.4) is 0 Å². The predicted octanol–water partition coefficient (Wildman–Crippen LogP) is -0.812. The molecule has 5 nitrogen and oxygen atoms in total. The Hall–Kier alpha value is -0.650. The lowest BCUT2D eigenvalue weighted by Gasteiger charge is -2.07. The SMILES string of the molecule is CCCC(=O)NOCC(O)CO. The van der Waals surface area contributed by atoms with Gasteiger partial charge in [0.05, 0.1) is 6.61 Å². The Morgan fingerprint density at radius 1 is 1.67 bits per heavy atom. The van der Waals surface area contributed by atoms with E-state index in [0.717, 1.165) is 6.42 Å². The van der Waals surface area contributed by atoms with Gasteiger partial charge in [-0.2, -0.15) is 0 Å². The smallest absolute Gasteiger partial charge is 0.243 e. The van der Waals surface area contributed by atoms with Crippen molar-refractivity contribution in [2.45, 2.75) is 25.9 Å². The fraction of sp³-hybridized carbons (Fsp3) is 0.857. The lowest BCUT2D eigenvalue weighted by atomic mass is 10.3. The number of nitrogens with one attached hydrogen (secondary N) is 1. The molecule has 12 heavy (non-hydrogen) atoms. The van der Waals surface area contributed by atoms with E-state index in [-0.39, 0.29) is 19.1 Å². The third kappa shape index (κ3) is 6.09. The van der Waals surface area contributed by atoms with Crippen LogP contribution in [0.5, 0.6) is 0 Å². The van der Waals surface area contributed by atoms with Crippen molar-refractivity contribution in [2.24, 2.45) is 0 Å². The monoisotopic (exact) mass is 177 g/mol.